The van der Waals surface area contributed by atoms with Crippen molar-refractivity contribution in [3.8, 4) is 5.75 Å². The summed E-state index contributed by atoms with van der Waals surface area (Å²) in [6.07, 6.45) is -0.598. The topological polar surface area (TPSA) is 52.9 Å². The van der Waals surface area contributed by atoms with E-state index in [9.17, 15) is 10.2 Å². The molecule has 1 atom stereocenters. The normalized spacial score (nSPS) is 13.5. The summed E-state index contributed by atoms with van der Waals surface area (Å²) in [6, 6.07) is 14.0. The molecule has 0 aliphatic rings. The molecule has 2 N–H and O–H groups in total. The fourth-order valence-corrected chi connectivity index (χ4v) is 2.59. The van der Waals surface area contributed by atoms with E-state index < -0.39 is 11.7 Å². The molecular weight excluding hydrogens is 278 g/mol. The SMILES string of the molecule is CN(CC(O)COc1ccc2ccccc2c1)CC(C)(C)O. The van der Waals surface area contributed by atoms with Crippen LogP contribution >= 0.6 is 0 Å². The van der Waals surface area contributed by atoms with Crippen LogP contribution in [-0.2, 0) is 0 Å². The Morgan fingerprint density at radius 2 is 1.82 bits per heavy atom. The molecule has 120 valence electrons. The number of fused-ring (bicyclic) bond motifs is 1. The fourth-order valence-electron chi connectivity index (χ4n) is 2.59. The lowest BCUT2D eigenvalue weighted by atomic mass is 10.1. The van der Waals surface area contributed by atoms with Crippen molar-refractivity contribution in [1.82, 2.24) is 4.90 Å². The molecule has 2 aromatic carbocycles. The summed E-state index contributed by atoms with van der Waals surface area (Å²) in [6.45, 7) is 4.69. The van der Waals surface area contributed by atoms with Crippen molar-refractivity contribution in [2.75, 3.05) is 26.7 Å². The number of ether oxygens (including phenoxy) is 1. The van der Waals surface area contributed by atoms with Crippen LogP contribution in [0.5, 0.6) is 5.75 Å². The molecule has 0 saturated carbocycles. The van der Waals surface area contributed by atoms with Crippen molar-refractivity contribution in [2.24, 2.45) is 0 Å². The average Bonchev–Trinajstić information content (AvgIpc) is 2.42. The van der Waals surface area contributed by atoms with Gasteiger partial charge in [0.2, 0.25) is 0 Å². The van der Waals surface area contributed by atoms with Gasteiger partial charge in [-0.15, -0.1) is 0 Å². The second-order valence-electron chi connectivity index (χ2n) is 6.48. The number of nitrogens with zero attached hydrogens (tertiary/aromatic N) is 1. The molecule has 0 aliphatic carbocycles. The van der Waals surface area contributed by atoms with Gasteiger partial charge in [-0.05, 0) is 43.8 Å². The molecule has 0 bridgehead atoms. The van der Waals surface area contributed by atoms with E-state index in [2.05, 4.69) is 6.07 Å². The van der Waals surface area contributed by atoms with E-state index in [0.29, 0.717) is 13.1 Å². The highest BCUT2D eigenvalue weighted by Gasteiger charge is 2.17. The molecule has 0 amide bonds. The minimum atomic E-state index is -0.770. The largest absolute Gasteiger partial charge is 0.491 e. The van der Waals surface area contributed by atoms with Gasteiger partial charge in [0.1, 0.15) is 18.5 Å². The molecule has 22 heavy (non-hydrogen) atoms. The van der Waals surface area contributed by atoms with Gasteiger partial charge in [-0.2, -0.15) is 0 Å². The van der Waals surface area contributed by atoms with Gasteiger partial charge in [-0.1, -0.05) is 30.3 Å². The van der Waals surface area contributed by atoms with Crippen LogP contribution in [0.2, 0.25) is 0 Å². The third kappa shape index (κ3) is 5.30. The van der Waals surface area contributed by atoms with Crippen molar-refractivity contribution in [1.29, 1.82) is 0 Å². The molecule has 0 heterocycles. The van der Waals surface area contributed by atoms with E-state index in [1.807, 2.05) is 48.3 Å². The molecule has 0 radical (unpaired) electrons. The average molecular weight is 303 g/mol. The Bertz CT molecular complexity index is 607. The lowest BCUT2D eigenvalue weighted by Gasteiger charge is -2.27. The van der Waals surface area contributed by atoms with Gasteiger partial charge in [-0.3, -0.25) is 0 Å². The third-order valence-corrected chi connectivity index (χ3v) is 3.34. The molecule has 4 nitrogen and oxygen atoms in total. The molecule has 2 rings (SSSR count). The van der Waals surface area contributed by atoms with Gasteiger partial charge >= 0.3 is 0 Å². The smallest absolute Gasteiger partial charge is 0.120 e. The first-order valence-electron chi connectivity index (χ1n) is 7.54. The van der Waals surface area contributed by atoms with E-state index >= 15 is 0 Å². The van der Waals surface area contributed by atoms with Crippen molar-refractivity contribution in [2.45, 2.75) is 25.6 Å². The highest BCUT2D eigenvalue weighted by molar-refractivity contribution is 5.83. The zero-order valence-corrected chi connectivity index (χ0v) is 13.5. The first-order valence-corrected chi connectivity index (χ1v) is 7.54. The molecule has 0 aliphatic heterocycles. The molecule has 0 spiro atoms. The predicted molar refractivity (Wildman–Crippen MR) is 89.2 cm³/mol. The molecule has 1 unspecified atom stereocenters. The Hall–Kier alpha value is -1.62. The first-order chi connectivity index (χ1) is 10.3. The van der Waals surface area contributed by atoms with Crippen LogP contribution in [0, 0.1) is 0 Å². The van der Waals surface area contributed by atoms with E-state index in [-0.39, 0.29) is 6.61 Å². The maximum atomic E-state index is 10.0. The van der Waals surface area contributed by atoms with Crippen molar-refractivity contribution < 1.29 is 14.9 Å². The van der Waals surface area contributed by atoms with Crippen LogP contribution in [0.15, 0.2) is 42.5 Å². The quantitative estimate of drug-likeness (QED) is 0.824. The lowest BCUT2D eigenvalue weighted by molar-refractivity contribution is 0.0194. The first kappa shape index (κ1) is 16.7. The van der Waals surface area contributed by atoms with Gasteiger partial charge < -0.3 is 19.8 Å². The summed E-state index contributed by atoms with van der Waals surface area (Å²) < 4.78 is 5.67. The Morgan fingerprint density at radius 3 is 2.50 bits per heavy atom. The van der Waals surface area contributed by atoms with E-state index in [4.69, 9.17) is 4.74 Å². The second-order valence-corrected chi connectivity index (χ2v) is 6.48. The fraction of sp³-hybridized carbons (Fsp3) is 0.444. The second kappa shape index (κ2) is 7.09. The highest BCUT2D eigenvalue weighted by atomic mass is 16.5. The Morgan fingerprint density at radius 1 is 1.14 bits per heavy atom. The van der Waals surface area contributed by atoms with Crippen LogP contribution in [0.1, 0.15) is 13.8 Å². The number of likely N-dealkylation sites (N-methyl/N-ethyl adjacent to an activating group) is 1. The number of hydrogen-bond donors (Lipinski definition) is 2. The lowest BCUT2D eigenvalue weighted by Crippen LogP contribution is -2.41. The summed E-state index contributed by atoms with van der Waals surface area (Å²) in [5.41, 5.74) is -0.770. The maximum absolute atomic E-state index is 10.0. The zero-order valence-electron chi connectivity index (χ0n) is 13.5. The van der Waals surface area contributed by atoms with Gasteiger partial charge in [0.25, 0.3) is 0 Å². The summed E-state index contributed by atoms with van der Waals surface area (Å²) in [5.74, 6) is 0.753. The highest BCUT2D eigenvalue weighted by Crippen LogP contribution is 2.20. The van der Waals surface area contributed by atoms with Crippen molar-refractivity contribution in [3.63, 3.8) is 0 Å². The maximum Gasteiger partial charge on any atom is 0.120 e. The number of benzene rings is 2. The number of rotatable bonds is 7. The van der Waals surface area contributed by atoms with Crippen LogP contribution in [-0.4, -0.2) is 53.6 Å². The van der Waals surface area contributed by atoms with E-state index in [1.165, 1.54) is 5.39 Å². The molecule has 2 aromatic rings. The van der Waals surface area contributed by atoms with Gasteiger partial charge in [0, 0.05) is 13.1 Å². The van der Waals surface area contributed by atoms with E-state index in [0.717, 1.165) is 11.1 Å². The monoisotopic (exact) mass is 303 g/mol. The zero-order chi connectivity index (χ0) is 16.2. The van der Waals surface area contributed by atoms with E-state index in [1.54, 1.807) is 13.8 Å². The van der Waals surface area contributed by atoms with Crippen LogP contribution in [0.3, 0.4) is 0 Å². The molecule has 4 heteroatoms. The van der Waals surface area contributed by atoms with Crippen molar-refractivity contribution in [3.05, 3.63) is 42.5 Å². The summed E-state index contributed by atoms with van der Waals surface area (Å²) in [4.78, 5) is 1.90. The standard InChI is InChI=1S/C18H25NO3/c1-18(2,21)13-19(3)11-16(20)12-22-17-9-8-14-6-4-5-7-15(14)10-17/h4-10,16,20-21H,11-13H2,1-3H3. The summed E-state index contributed by atoms with van der Waals surface area (Å²) in [7, 11) is 1.87. The van der Waals surface area contributed by atoms with Crippen LogP contribution in [0.25, 0.3) is 10.8 Å². The minimum absolute atomic E-state index is 0.231. The third-order valence-electron chi connectivity index (χ3n) is 3.34. The predicted octanol–water partition coefficient (Wildman–Crippen LogP) is 2.28. The number of aliphatic hydroxyl groups is 2. The minimum Gasteiger partial charge on any atom is -0.491 e. The van der Waals surface area contributed by atoms with Gasteiger partial charge in [-0.25, -0.2) is 0 Å². The summed E-state index contributed by atoms with van der Waals surface area (Å²) in [5, 5.41) is 22.1. The van der Waals surface area contributed by atoms with Crippen LogP contribution < -0.4 is 4.74 Å². The van der Waals surface area contributed by atoms with Gasteiger partial charge in [0.15, 0.2) is 0 Å². The molecule has 0 aromatic heterocycles. The van der Waals surface area contributed by atoms with Crippen LogP contribution in [0.4, 0.5) is 0 Å². The van der Waals surface area contributed by atoms with Gasteiger partial charge in [0.05, 0.1) is 5.60 Å². The molecular formula is C18H25NO3. The summed E-state index contributed by atoms with van der Waals surface area (Å²) >= 11 is 0. The van der Waals surface area contributed by atoms with Crippen molar-refractivity contribution >= 4 is 10.8 Å². The Labute approximate surface area is 131 Å². The number of aliphatic hydroxyl groups excluding tert-OH is 1. The Kier molecular flexibility index (Phi) is 5.40. The molecule has 0 saturated heterocycles. The Balaban J connectivity index is 1.85. The number of hydrogen-bond acceptors (Lipinski definition) is 4. The molecule has 0 fully saturated rings.